The smallest absolute Gasteiger partial charge is 0.184 e. The van der Waals surface area contributed by atoms with Crippen molar-refractivity contribution in [2.24, 2.45) is 0 Å². The first-order chi connectivity index (χ1) is 6.35. The second-order valence-corrected chi connectivity index (χ2v) is 2.53. The molecule has 0 aromatic heterocycles. The minimum atomic E-state index is -0.611. The zero-order valence-electron chi connectivity index (χ0n) is 8.45. The van der Waals surface area contributed by atoms with E-state index in [1.165, 1.54) is 0 Å². The molecule has 0 amide bonds. The predicted octanol–water partition coefficient (Wildman–Crippen LogP) is 1.22. The summed E-state index contributed by atoms with van der Waals surface area (Å²) in [5.41, 5.74) is 0. The van der Waals surface area contributed by atoms with Gasteiger partial charge in [-0.15, -0.1) is 0 Å². The number of ether oxygens (including phenoxy) is 3. The molecule has 1 radical (unpaired) electrons. The normalized spacial score (nSPS) is 13.2. The number of rotatable bonds is 9. The Morgan fingerprint density at radius 3 is 2.31 bits per heavy atom. The first-order valence-corrected chi connectivity index (χ1v) is 4.74. The molecule has 0 saturated carbocycles. The quantitative estimate of drug-likeness (QED) is 0.406. The summed E-state index contributed by atoms with van der Waals surface area (Å²) in [6.07, 6.45) is 0.283. The SMILES string of the molecule is CCCOC(C[O])OCCOCC. The predicted molar refractivity (Wildman–Crippen MR) is 48.0 cm³/mol. The van der Waals surface area contributed by atoms with Crippen LogP contribution in [0.1, 0.15) is 20.3 Å². The van der Waals surface area contributed by atoms with Crippen LogP contribution in [0.25, 0.3) is 0 Å². The van der Waals surface area contributed by atoms with Crippen molar-refractivity contribution in [3.05, 3.63) is 0 Å². The fourth-order valence-corrected chi connectivity index (χ4v) is 0.776. The molecule has 0 aliphatic heterocycles. The third-order valence-corrected chi connectivity index (χ3v) is 1.38. The van der Waals surface area contributed by atoms with Gasteiger partial charge in [0.1, 0.15) is 6.61 Å². The Morgan fingerprint density at radius 1 is 1.08 bits per heavy atom. The molecule has 0 N–H and O–H groups in total. The highest BCUT2D eigenvalue weighted by Crippen LogP contribution is 1.95. The number of hydrogen-bond acceptors (Lipinski definition) is 3. The maximum absolute atomic E-state index is 10.5. The Labute approximate surface area is 79.8 Å². The van der Waals surface area contributed by atoms with Gasteiger partial charge in [-0.05, 0) is 13.3 Å². The van der Waals surface area contributed by atoms with Crippen molar-refractivity contribution in [3.8, 4) is 0 Å². The van der Waals surface area contributed by atoms with Gasteiger partial charge in [0.2, 0.25) is 0 Å². The van der Waals surface area contributed by atoms with Crippen LogP contribution >= 0.6 is 0 Å². The van der Waals surface area contributed by atoms with Crippen LogP contribution in [0.15, 0.2) is 0 Å². The van der Waals surface area contributed by atoms with Crippen LogP contribution < -0.4 is 0 Å². The molecule has 0 aromatic rings. The van der Waals surface area contributed by atoms with Crippen LogP contribution in [0, 0.1) is 0 Å². The van der Waals surface area contributed by atoms with Crippen LogP contribution in [0.2, 0.25) is 0 Å². The standard InChI is InChI=1S/C9H19O4/c1-3-5-12-9(8-10)13-7-6-11-4-2/h9H,3-8H2,1-2H3. The highest BCUT2D eigenvalue weighted by molar-refractivity contribution is 4.40. The molecule has 0 bridgehead atoms. The molecule has 4 heteroatoms. The molecule has 0 rings (SSSR count). The van der Waals surface area contributed by atoms with Crippen molar-refractivity contribution in [3.63, 3.8) is 0 Å². The summed E-state index contributed by atoms with van der Waals surface area (Å²) in [5, 5.41) is 10.5. The molecule has 79 valence electrons. The van der Waals surface area contributed by atoms with E-state index in [2.05, 4.69) is 0 Å². The third kappa shape index (κ3) is 8.18. The monoisotopic (exact) mass is 191 g/mol. The van der Waals surface area contributed by atoms with Crippen molar-refractivity contribution in [2.45, 2.75) is 26.6 Å². The zero-order chi connectivity index (χ0) is 9.94. The van der Waals surface area contributed by atoms with Crippen LogP contribution in [-0.4, -0.2) is 39.3 Å². The molecule has 0 aromatic carbocycles. The first-order valence-electron chi connectivity index (χ1n) is 4.74. The van der Waals surface area contributed by atoms with E-state index in [-0.39, 0.29) is 6.61 Å². The molecule has 13 heavy (non-hydrogen) atoms. The van der Waals surface area contributed by atoms with Crippen LogP contribution in [-0.2, 0) is 19.3 Å². The second kappa shape index (κ2) is 9.92. The van der Waals surface area contributed by atoms with E-state index in [4.69, 9.17) is 14.2 Å². The lowest BCUT2D eigenvalue weighted by Gasteiger charge is -2.14. The van der Waals surface area contributed by atoms with Gasteiger partial charge in [-0.25, -0.2) is 5.11 Å². The molecule has 0 heterocycles. The van der Waals surface area contributed by atoms with Crippen LogP contribution in [0.5, 0.6) is 0 Å². The lowest BCUT2D eigenvalue weighted by atomic mass is 10.5. The van der Waals surface area contributed by atoms with Crippen LogP contribution in [0.4, 0.5) is 0 Å². The Hall–Kier alpha value is -0.160. The van der Waals surface area contributed by atoms with Gasteiger partial charge in [0, 0.05) is 13.2 Å². The Bertz CT molecular complexity index is 97.6. The molecule has 4 nitrogen and oxygen atoms in total. The van der Waals surface area contributed by atoms with Gasteiger partial charge < -0.3 is 14.2 Å². The summed E-state index contributed by atoms with van der Waals surface area (Å²) >= 11 is 0. The van der Waals surface area contributed by atoms with Crippen molar-refractivity contribution in [1.82, 2.24) is 0 Å². The van der Waals surface area contributed by atoms with E-state index in [0.717, 1.165) is 6.42 Å². The molecule has 1 atom stereocenters. The summed E-state index contributed by atoms with van der Waals surface area (Å²) in [7, 11) is 0. The Balaban J connectivity index is 3.25. The number of hydrogen-bond donors (Lipinski definition) is 0. The van der Waals surface area contributed by atoms with Gasteiger partial charge in [-0.1, -0.05) is 6.92 Å². The average molecular weight is 191 g/mol. The highest BCUT2D eigenvalue weighted by atomic mass is 16.7. The van der Waals surface area contributed by atoms with Gasteiger partial charge in [-0.3, -0.25) is 0 Å². The molecule has 0 spiro atoms. The summed E-state index contributed by atoms with van der Waals surface area (Å²) < 4.78 is 15.3. The van der Waals surface area contributed by atoms with Crippen molar-refractivity contribution in [1.29, 1.82) is 0 Å². The van der Waals surface area contributed by atoms with Gasteiger partial charge in [0.15, 0.2) is 6.29 Å². The minimum absolute atomic E-state index is 0.355. The highest BCUT2D eigenvalue weighted by Gasteiger charge is 2.07. The van der Waals surface area contributed by atoms with Crippen molar-refractivity contribution in [2.75, 3.05) is 33.0 Å². The Kier molecular flexibility index (Phi) is 9.80. The summed E-state index contributed by atoms with van der Waals surface area (Å²) in [4.78, 5) is 0. The van der Waals surface area contributed by atoms with E-state index in [1.54, 1.807) is 0 Å². The summed E-state index contributed by atoms with van der Waals surface area (Å²) in [6.45, 7) is 5.72. The molecular weight excluding hydrogens is 172 g/mol. The Morgan fingerprint density at radius 2 is 1.77 bits per heavy atom. The van der Waals surface area contributed by atoms with Crippen molar-refractivity contribution >= 4 is 0 Å². The molecular formula is C9H19O4. The first kappa shape index (κ1) is 12.8. The maximum Gasteiger partial charge on any atom is 0.184 e. The molecule has 0 aliphatic carbocycles. The molecule has 1 unspecified atom stereocenters. The van der Waals surface area contributed by atoms with Gasteiger partial charge in [-0.2, -0.15) is 0 Å². The molecule has 0 fully saturated rings. The van der Waals surface area contributed by atoms with Gasteiger partial charge in [0.05, 0.1) is 13.2 Å². The fraction of sp³-hybridized carbons (Fsp3) is 1.00. The third-order valence-electron chi connectivity index (χ3n) is 1.38. The minimum Gasteiger partial charge on any atom is -0.379 e. The lowest BCUT2D eigenvalue weighted by Crippen LogP contribution is -2.23. The van der Waals surface area contributed by atoms with Crippen LogP contribution in [0.3, 0.4) is 0 Å². The van der Waals surface area contributed by atoms with E-state index in [0.29, 0.717) is 26.4 Å². The zero-order valence-corrected chi connectivity index (χ0v) is 8.45. The van der Waals surface area contributed by atoms with Gasteiger partial charge in [0.25, 0.3) is 0 Å². The summed E-state index contributed by atoms with van der Waals surface area (Å²) in [5.74, 6) is 0. The van der Waals surface area contributed by atoms with E-state index < -0.39 is 6.29 Å². The topological polar surface area (TPSA) is 47.6 Å². The van der Waals surface area contributed by atoms with E-state index >= 15 is 0 Å². The average Bonchev–Trinajstić information content (AvgIpc) is 2.17. The molecule has 0 aliphatic rings. The molecule has 0 saturated heterocycles. The lowest BCUT2D eigenvalue weighted by molar-refractivity contribution is -0.178. The fourth-order valence-electron chi connectivity index (χ4n) is 0.776. The summed E-state index contributed by atoms with van der Waals surface area (Å²) in [6, 6.07) is 0. The van der Waals surface area contributed by atoms with E-state index in [9.17, 15) is 5.11 Å². The van der Waals surface area contributed by atoms with E-state index in [1.807, 2.05) is 13.8 Å². The van der Waals surface area contributed by atoms with Gasteiger partial charge >= 0.3 is 0 Å². The maximum atomic E-state index is 10.5. The van der Waals surface area contributed by atoms with Crippen molar-refractivity contribution < 1.29 is 19.3 Å². The largest absolute Gasteiger partial charge is 0.379 e. The second-order valence-electron chi connectivity index (χ2n) is 2.53.